The van der Waals surface area contributed by atoms with E-state index >= 15 is 0 Å². The number of sulfonamides is 1. The summed E-state index contributed by atoms with van der Waals surface area (Å²) in [5.74, 6) is 0.954. The predicted molar refractivity (Wildman–Crippen MR) is 74.8 cm³/mol. The number of rotatable bonds is 5. The molecule has 106 valence electrons. The first-order valence-electron chi connectivity index (χ1n) is 5.93. The van der Waals surface area contributed by atoms with E-state index in [0.29, 0.717) is 23.9 Å². The van der Waals surface area contributed by atoms with Crippen molar-refractivity contribution >= 4 is 33.2 Å². The van der Waals surface area contributed by atoms with Crippen molar-refractivity contribution in [2.24, 2.45) is 11.8 Å². The van der Waals surface area contributed by atoms with E-state index in [0.717, 1.165) is 6.42 Å². The molecule has 0 radical (unpaired) electrons. The van der Waals surface area contributed by atoms with Crippen LogP contribution in [-0.2, 0) is 16.6 Å². The second-order valence-electron chi connectivity index (χ2n) is 4.86. The molecule has 2 atom stereocenters. The lowest BCUT2D eigenvalue weighted by Gasteiger charge is -2.11. The van der Waals surface area contributed by atoms with E-state index < -0.39 is 10.0 Å². The van der Waals surface area contributed by atoms with Crippen LogP contribution in [0.25, 0.3) is 0 Å². The summed E-state index contributed by atoms with van der Waals surface area (Å²) in [5, 5.41) is 9.38. The lowest BCUT2D eigenvalue weighted by Crippen LogP contribution is -2.26. The lowest BCUT2D eigenvalue weighted by atomic mass is 10.2. The van der Waals surface area contributed by atoms with Gasteiger partial charge in [-0.15, -0.1) is 0 Å². The van der Waals surface area contributed by atoms with Crippen molar-refractivity contribution in [3.8, 4) is 0 Å². The van der Waals surface area contributed by atoms with Gasteiger partial charge in [0.2, 0.25) is 10.0 Å². The maximum atomic E-state index is 12.2. The Labute approximate surface area is 122 Å². The van der Waals surface area contributed by atoms with Crippen LogP contribution in [0.15, 0.2) is 17.0 Å². The first-order valence-corrected chi connectivity index (χ1v) is 8.17. The number of nitrogens with one attached hydrogen (secondary N) is 1. The van der Waals surface area contributed by atoms with Crippen LogP contribution in [0, 0.1) is 11.8 Å². The minimum atomic E-state index is -3.70. The van der Waals surface area contributed by atoms with Crippen molar-refractivity contribution in [2.45, 2.75) is 24.8 Å². The highest BCUT2D eigenvalue weighted by molar-refractivity contribution is 7.89. The van der Waals surface area contributed by atoms with Crippen molar-refractivity contribution in [1.29, 1.82) is 0 Å². The second-order valence-corrected chi connectivity index (χ2v) is 7.41. The fourth-order valence-corrected chi connectivity index (χ4v) is 3.92. The maximum Gasteiger partial charge on any atom is 0.242 e. The third-order valence-corrected chi connectivity index (χ3v) is 5.58. The van der Waals surface area contributed by atoms with Crippen LogP contribution in [0.2, 0.25) is 10.0 Å². The molecule has 1 aliphatic carbocycles. The van der Waals surface area contributed by atoms with Crippen LogP contribution in [0.5, 0.6) is 0 Å². The number of aliphatic hydroxyl groups is 1. The molecule has 1 saturated carbocycles. The van der Waals surface area contributed by atoms with Gasteiger partial charge in [0, 0.05) is 11.6 Å². The van der Waals surface area contributed by atoms with Gasteiger partial charge in [-0.3, -0.25) is 0 Å². The fourth-order valence-electron chi connectivity index (χ4n) is 1.91. The van der Waals surface area contributed by atoms with Crippen molar-refractivity contribution in [2.75, 3.05) is 6.54 Å². The highest BCUT2D eigenvalue weighted by atomic mass is 35.5. The van der Waals surface area contributed by atoms with Crippen molar-refractivity contribution in [3.05, 3.63) is 27.7 Å². The summed E-state index contributed by atoms with van der Waals surface area (Å²) in [5.41, 5.74) is 0.300. The van der Waals surface area contributed by atoms with Gasteiger partial charge < -0.3 is 5.11 Å². The number of hydrogen-bond donors (Lipinski definition) is 2. The first-order chi connectivity index (χ1) is 8.85. The average Bonchev–Trinajstić information content (AvgIpc) is 3.05. The van der Waals surface area contributed by atoms with Crippen LogP contribution in [0.1, 0.15) is 18.9 Å². The molecular formula is C12H15Cl2NO3S. The molecule has 1 aromatic carbocycles. The molecular weight excluding hydrogens is 309 g/mol. The fraction of sp³-hybridized carbons (Fsp3) is 0.500. The topological polar surface area (TPSA) is 66.4 Å². The van der Waals surface area contributed by atoms with Gasteiger partial charge in [-0.2, -0.15) is 0 Å². The quantitative estimate of drug-likeness (QED) is 0.874. The molecule has 2 unspecified atom stereocenters. The molecule has 19 heavy (non-hydrogen) atoms. The summed E-state index contributed by atoms with van der Waals surface area (Å²) in [7, 11) is -3.70. The van der Waals surface area contributed by atoms with Gasteiger partial charge in [0.1, 0.15) is 4.90 Å². The molecule has 1 aromatic rings. The molecule has 0 heterocycles. The molecule has 7 heteroatoms. The van der Waals surface area contributed by atoms with E-state index in [9.17, 15) is 8.42 Å². The molecule has 0 aromatic heterocycles. The normalized spacial score (nSPS) is 22.5. The van der Waals surface area contributed by atoms with E-state index in [1.54, 1.807) is 0 Å². The van der Waals surface area contributed by atoms with Crippen LogP contribution < -0.4 is 4.72 Å². The molecule has 0 spiro atoms. The number of hydrogen-bond acceptors (Lipinski definition) is 3. The Hall–Kier alpha value is -0.330. The van der Waals surface area contributed by atoms with Crippen molar-refractivity contribution in [1.82, 2.24) is 4.72 Å². The Kier molecular flexibility index (Phi) is 4.42. The summed E-state index contributed by atoms with van der Waals surface area (Å²) in [6, 6.07) is 2.74. The van der Waals surface area contributed by atoms with Gasteiger partial charge in [-0.25, -0.2) is 13.1 Å². The van der Waals surface area contributed by atoms with Crippen molar-refractivity contribution in [3.63, 3.8) is 0 Å². The maximum absolute atomic E-state index is 12.2. The summed E-state index contributed by atoms with van der Waals surface area (Å²) in [4.78, 5) is -0.0842. The molecule has 0 saturated heterocycles. The molecule has 2 rings (SSSR count). The summed E-state index contributed by atoms with van der Waals surface area (Å²) < 4.78 is 26.9. The zero-order valence-electron chi connectivity index (χ0n) is 10.4. The van der Waals surface area contributed by atoms with E-state index in [2.05, 4.69) is 11.6 Å². The Balaban J connectivity index is 2.26. The smallest absolute Gasteiger partial charge is 0.242 e. The minimum absolute atomic E-state index is 0.0169. The van der Waals surface area contributed by atoms with E-state index in [-0.39, 0.29) is 21.5 Å². The molecule has 1 fully saturated rings. The third-order valence-electron chi connectivity index (χ3n) is 3.35. The number of aliphatic hydroxyl groups excluding tert-OH is 1. The standard InChI is InChI=1S/C12H15Cl2NO3S/c1-7-2-8(7)5-15-19(17,18)11-4-10(13)3-9(6-16)12(11)14/h3-4,7-8,15-16H,2,5-6H2,1H3. The van der Waals surface area contributed by atoms with Crippen LogP contribution in [0.3, 0.4) is 0 Å². The highest BCUT2D eigenvalue weighted by Gasteiger charge is 2.33. The van der Waals surface area contributed by atoms with Gasteiger partial charge in [0.25, 0.3) is 0 Å². The SMILES string of the molecule is CC1CC1CNS(=O)(=O)c1cc(Cl)cc(CO)c1Cl. The molecule has 1 aliphatic rings. The molecule has 0 amide bonds. The van der Waals surface area contributed by atoms with Crippen molar-refractivity contribution < 1.29 is 13.5 Å². The molecule has 4 nitrogen and oxygen atoms in total. The third kappa shape index (κ3) is 3.41. The Morgan fingerprint density at radius 3 is 2.58 bits per heavy atom. The minimum Gasteiger partial charge on any atom is -0.392 e. The van der Waals surface area contributed by atoms with E-state index in [1.165, 1.54) is 12.1 Å². The van der Waals surface area contributed by atoms with Crippen LogP contribution in [0.4, 0.5) is 0 Å². The predicted octanol–water partition coefficient (Wildman–Crippen LogP) is 2.42. The first kappa shape index (κ1) is 15.1. The average molecular weight is 324 g/mol. The van der Waals surface area contributed by atoms with Crippen LogP contribution in [-0.4, -0.2) is 20.1 Å². The van der Waals surface area contributed by atoms with E-state index in [1.807, 2.05) is 0 Å². The van der Waals surface area contributed by atoms with Gasteiger partial charge in [-0.1, -0.05) is 30.1 Å². The number of benzene rings is 1. The Morgan fingerprint density at radius 1 is 1.42 bits per heavy atom. The van der Waals surface area contributed by atoms with Gasteiger partial charge in [-0.05, 0) is 36.0 Å². The van der Waals surface area contributed by atoms with Gasteiger partial charge in [0.15, 0.2) is 0 Å². The Morgan fingerprint density at radius 2 is 2.05 bits per heavy atom. The Bertz CT molecular complexity index is 589. The molecule has 0 bridgehead atoms. The molecule has 2 N–H and O–H groups in total. The second kappa shape index (κ2) is 5.58. The largest absolute Gasteiger partial charge is 0.392 e. The van der Waals surface area contributed by atoms with Crippen LogP contribution >= 0.6 is 23.2 Å². The molecule has 0 aliphatic heterocycles. The lowest BCUT2D eigenvalue weighted by molar-refractivity contribution is 0.281. The summed E-state index contributed by atoms with van der Waals surface area (Å²) in [6.07, 6.45) is 1.04. The van der Waals surface area contributed by atoms with Gasteiger partial charge in [0.05, 0.1) is 11.6 Å². The monoisotopic (exact) mass is 323 g/mol. The zero-order valence-corrected chi connectivity index (χ0v) is 12.7. The zero-order chi connectivity index (χ0) is 14.2. The summed E-state index contributed by atoms with van der Waals surface area (Å²) in [6.45, 7) is 2.12. The number of halogens is 2. The summed E-state index contributed by atoms with van der Waals surface area (Å²) >= 11 is 11.8. The van der Waals surface area contributed by atoms with E-state index in [4.69, 9.17) is 28.3 Å². The van der Waals surface area contributed by atoms with Gasteiger partial charge >= 0.3 is 0 Å². The highest BCUT2D eigenvalue weighted by Crippen LogP contribution is 2.37.